The lowest BCUT2D eigenvalue weighted by atomic mass is 10.2. The smallest absolute Gasteiger partial charge is 0.384 e. The number of esters is 1. The van der Waals surface area contributed by atoms with Crippen molar-refractivity contribution in [1.29, 1.82) is 0 Å². The monoisotopic (exact) mass is 238 g/mol. The second-order valence-electron chi connectivity index (χ2n) is 2.90. The van der Waals surface area contributed by atoms with E-state index in [9.17, 15) is 9.59 Å². The number of ether oxygens (including phenoxy) is 1. The number of hydrogen-bond donors (Lipinski definition) is 1. The van der Waals surface area contributed by atoms with Crippen molar-refractivity contribution in [2.45, 2.75) is 13.8 Å². The number of aryl methyl sites for hydroxylation is 1. The van der Waals surface area contributed by atoms with Gasteiger partial charge in [0.15, 0.2) is 0 Å². The van der Waals surface area contributed by atoms with Crippen LogP contribution in [0, 0.1) is 18.8 Å². The molecule has 5 heteroatoms. The minimum absolute atomic E-state index is 0.214. The first-order valence-corrected chi connectivity index (χ1v) is 5.38. The van der Waals surface area contributed by atoms with Crippen molar-refractivity contribution in [1.82, 2.24) is 0 Å². The van der Waals surface area contributed by atoms with Crippen LogP contribution in [0.2, 0.25) is 0 Å². The standard InChI is InChI=1S/C11H10O4S/c1-3-15-10(12)5-4-8-7(2)6-9(16-8)11(13)14/h6H,3H2,1-2H3,(H,13,14). The zero-order valence-electron chi connectivity index (χ0n) is 8.86. The largest absolute Gasteiger partial charge is 0.477 e. The molecule has 16 heavy (non-hydrogen) atoms. The van der Waals surface area contributed by atoms with Crippen LogP contribution in [0.4, 0.5) is 0 Å². The number of carboxylic acid groups (broad SMARTS) is 1. The Kier molecular flexibility index (Phi) is 4.09. The molecule has 0 spiro atoms. The SMILES string of the molecule is CCOC(=O)C#Cc1sc(C(=O)O)cc1C. The first kappa shape index (κ1) is 12.3. The third kappa shape index (κ3) is 3.11. The molecule has 1 N–H and O–H groups in total. The summed E-state index contributed by atoms with van der Waals surface area (Å²) in [7, 11) is 0. The summed E-state index contributed by atoms with van der Waals surface area (Å²) in [6.07, 6.45) is 0. The minimum atomic E-state index is -0.989. The average molecular weight is 238 g/mol. The van der Waals surface area contributed by atoms with Gasteiger partial charge < -0.3 is 9.84 Å². The van der Waals surface area contributed by atoms with Gasteiger partial charge in [0.2, 0.25) is 0 Å². The van der Waals surface area contributed by atoms with Crippen LogP contribution < -0.4 is 0 Å². The molecule has 0 aliphatic carbocycles. The van der Waals surface area contributed by atoms with Gasteiger partial charge in [0.05, 0.1) is 11.5 Å². The molecule has 0 saturated heterocycles. The first-order chi connectivity index (χ1) is 7.54. The average Bonchev–Trinajstić information content (AvgIpc) is 2.58. The zero-order chi connectivity index (χ0) is 12.1. The molecular formula is C11H10O4S. The highest BCUT2D eigenvalue weighted by molar-refractivity contribution is 7.14. The summed E-state index contributed by atoms with van der Waals surface area (Å²) in [6, 6.07) is 1.53. The summed E-state index contributed by atoms with van der Waals surface area (Å²) >= 11 is 1.05. The second kappa shape index (κ2) is 5.33. The number of carbonyl (C=O) groups is 2. The normalized spacial score (nSPS) is 9.12. The summed E-state index contributed by atoms with van der Waals surface area (Å²) in [6.45, 7) is 3.72. The molecule has 0 fully saturated rings. The lowest BCUT2D eigenvalue weighted by molar-refractivity contribution is -0.136. The Morgan fingerprint density at radius 3 is 2.75 bits per heavy atom. The highest BCUT2D eigenvalue weighted by Crippen LogP contribution is 2.20. The van der Waals surface area contributed by atoms with E-state index >= 15 is 0 Å². The fourth-order valence-electron chi connectivity index (χ4n) is 0.987. The van der Waals surface area contributed by atoms with Crippen molar-refractivity contribution >= 4 is 23.3 Å². The lowest BCUT2D eigenvalue weighted by Crippen LogP contribution is -1.99. The van der Waals surface area contributed by atoms with Crippen LogP contribution in [0.1, 0.15) is 27.0 Å². The van der Waals surface area contributed by atoms with Gasteiger partial charge in [-0.15, -0.1) is 11.3 Å². The number of hydrogen-bond acceptors (Lipinski definition) is 4. The van der Waals surface area contributed by atoms with Gasteiger partial charge in [0.25, 0.3) is 0 Å². The van der Waals surface area contributed by atoms with Crippen molar-refractivity contribution < 1.29 is 19.4 Å². The molecule has 0 aromatic carbocycles. The van der Waals surface area contributed by atoms with Crippen molar-refractivity contribution in [3.8, 4) is 11.8 Å². The Bertz CT molecular complexity index is 476. The quantitative estimate of drug-likeness (QED) is 0.628. The first-order valence-electron chi connectivity index (χ1n) is 4.57. The van der Waals surface area contributed by atoms with Crippen LogP contribution in [0.5, 0.6) is 0 Å². The summed E-state index contributed by atoms with van der Waals surface area (Å²) in [4.78, 5) is 22.4. The summed E-state index contributed by atoms with van der Waals surface area (Å²) in [5, 5.41) is 8.75. The third-order valence-electron chi connectivity index (χ3n) is 1.68. The van der Waals surface area contributed by atoms with E-state index in [-0.39, 0.29) is 11.5 Å². The molecular weight excluding hydrogens is 228 g/mol. The van der Waals surface area contributed by atoms with E-state index in [0.29, 0.717) is 4.88 Å². The Labute approximate surface area is 96.9 Å². The minimum Gasteiger partial charge on any atom is -0.477 e. The molecule has 0 bridgehead atoms. The second-order valence-corrected chi connectivity index (χ2v) is 3.95. The van der Waals surface area contributed by atoms with Crippen LogP contribution in [0.3, 0.4) is 0 Å². The van der Waals surface area contributed by atoms with Crippen LogP contribution in [0.25, 0.3) is 0 Å². The van der Waals surface area contributed by atoms with Gasteiger partial charge in [-0.3, -0.25) is 0 Å². The summed E-state index contributed by atoms with van der Waals surface area (Å²) in [5.41, 5.74) is 0.749. The number of rotatable bonds is 2. The highest BCUT2D eigenvalue weighted by atomic mass is 32.1. The van der Waals surface area contributed by atoms with Crippen LogP contribution in [-0.4, -0.2) is 23.7 Å². The lowest BCUT2D eigenvalue weighted by Gasteiger charge is -1.90. The molecule has 0 unspecified atom stereocenters. The van der Waals surface area contributed by atoms with E-state index in [1.54, 1.807) is 13.8 Å². The number of aromatic carboxylic acids is 1. The molecule has 0 radical (unpaired) electrons. The number of carbonyl (C=O) groups excluding carboxylic acids is 1. The molecule has 1 aromatic rings. The molecule has 1 rings (SSSR count). The third-order valence-corrected chi connectivity index (χ3v) is 2.82. The van der Waals surface area contributed by atoms with E-state index in [4.69, 9.17) is 5.11 Å². The van der Waals surface area contributed by atoms with Crippen LogP contribution in [-0.2, 0) is 9.53 Å². The Balaban J connectivity index is 2.89. The maximum atomic E-state index is 11.0. The molecule has 4 nitrogen and oxygen atoms in total. The van der Waals surface area contributed by atoms with Gasteiger partial charge in [-0.05, 0) is 31.4 Å². The summed E-state index contributed by atoms with van der Waals surface area (Å²) < 4.78 is 4.63. The van der Waals surface area contributed by atoms with E-state index in [2.05, 4.69) is 16.6 Å². The predicted octanol–water partition coefficient (Wildman–Crippen LogP) is 1.67. The summed E-state index contributed by atoms with van der Waals surface area (Å²) in [5.74, 6) is 3.31. The van der Waals surface area contributed by atoms with Gasteiger partial charge in [0, 0.05) is 5.92 Å². The highest BCUT2D eigenvalue weighted by Gasteiger charge is 2.09. The van der Waals surface area contributed by atoms with Crippen LogP contribution in [0.15, 0.2) is 6.07 Å². The fraction of sp³-hybridized carbons (Fsp3) is 0.273. The molecule has 0 saturated carbocycles. The van der Waals surface area contributed by atoms with E-state index in [0.717, 1.165) is 16.9 Å². The Morgan fingerprint density at radius 1 is 1.56 bits per heavy atom. The van der Waals surface area contributed by atoms with E-state index < -0.39 is 11.9 Å². The van der Waals surface area contributed by atoms with Crippen LogP contribution >= 0.6 is 11.3 Å². The maximum Gasteiger partial charge on any atom is 0.384 e. The molecule has 1 aromatic heterocycles. The van der Waals surface area contributed by atoms with Gasteiger partial charge in [-0.2, -0.15) is 0 Å². The van der Waals surface area contributed by atoms with E-state index in [1.807, 2.05) is 0 Å². The molecule has 0 aliphatic rings. The van der Waals surface area contributed by atoms with Crippen molar-refractivity contribution in [3.05, 3.63) is 21.4 Å². The van der Waals surface area contributed by atoms with Gasteiger partial charge in [-0.25, -0.2) is 9.59 Å². The number of carboxylic acids is 1. The fourth-order valence-corrected chi connectivity index (χ4v) is 1.85. The van der Waals surface area contributed by atoms with Gasteiger partial charge >= 0.3 is 11.9 Å². The molecule has 84 valence electrons. The molecule has 0 aliphatic heterocycles. The van der Waals surface area contributed by atoms with Crippen molar-refractivity contribution in [3.63, 3.8) is 0 Å². The maximum absolute atomic E-state index is 11.0. The van der Waals surface area contributed by atoms with E-state index in [1.165, 1.54) is 6.07 Å². The van der Waals surface area contributed by atoms with Crippen molar-refractivity contribution in [2.24, 2.45) is 0 Å². The Hall–Kier alpha value is -1.80. The molecule has 1 heterocycles. The zero-order valence-corrected chi connectivity index (χ0v) is 9.68. The van der Waals surface area contributed by atoms with Gasteiger partial charge in [0.1, 0.15) is 4.88 Å². The van der Waals surface area contributed by atoms with Gasteiger partial charge in [-0.1, -0.05) is 0 Å². The molecule has 0 atom stereocenters. The van der Waals surface area contributed by atoms with Crippen molar-refractivity contribution in [2.75, 3.05) is 6.61 Å². The number of thiophene rings is 1. The molecule has 0 amide bonds. The predicted molar refractivity (Wildman–Crippen MR) is 59.5 cm³/mol. The Morgan fingerprint density at radius 2 is 2.25 bits per heavy atom. The topological polar surface area (TPSA) is 63.6 Å².